The van der Waals surface area contributed by atoms with Crippen LogP contribution in [0.3, 0.4) is 0 Å². The van der Waals surface area contributed by atoms with Crippen LogP contribution in [0.25, 0.3) is 10.9 Å². The number of alkyl halides is 1. The molecule has 1 aromatic heterocycles. The first-order valence-electron chi connectivity index (χ1n) is 5.16. The molecular formula is C12H10ClN3O2. The van der Waals surface area contributed by atoms with E-state index in [0.29, 0.717) is 16.8 Å². The van der Waals surface area contributed by atoms with Gasteiger partial charge in [0.05, 0.1) is 11.2 Å². The minimum absolute atomic E-state index is 0.172. The van der Waals surface area contributed by atoms with Crippen molar-refractivity contribution in [3.63, 3.8) is 0 Å². The summed E-state index contributed by atoms with van der Waals surface area (Å²) in [6.45, 7) is 0. The van der Waals surface area contributed by atoms with Gasteiger partial charge in [0, 0.05) is 17.1 Å². The van der Waals surface area contributed by atoms with E-state index in [-0.39, 0.29) is 11.8 Å². The molecule has 1 aromatic carbocycles. The molecule has 0 aliphatic rings. The number of carbonyl (C=O) groups is 2. The maximum absolute atomic E-state index is 11.3. The van der Waals surface area contributed by atoms with E-state index in [9.17, 15) is 9.59 Å². The second kappa shape index (κ2) is 5.01. The number of nitrogens with zero attached hydrogens (tertiary/aromatic N) is 1. The number of amides is 2. The Hall–Kier alpha value is -2.14. The van der Waals surface area contributed by atoms with Gasteiger partial charge in [0.15, 0.2) is 0 Å². The van der Waals surface area contributed by atoms with Crippen LogP contribution in [0, 0.1) is 0 Å². The third-order valence-electron chi connectivity index (χ3n) is 2.38. The van der Waals surface area contributed by atoms with Gasteiger partial charge in [-0.25, -0.2) is 0 Å². The molecule has 2 amide bonds. The Morgan fingerprint density at radius 3 is 2.83 bits per heavy atom. The van der Waals surface area contributed by atoms with Gasteiger partial charge in [-0.1, -0.05) is 6.07 Å². The molecule has 0 fully saturated rings. The van der Waals surface area contributed by atoms with E-state index in [1.165, 1.54) is 6.07 Å². The van der Waals surface area contributed by atoms with Crippen LogP contribution in [0.4, 0.5) is 5.69 Å². The van der Waals surface area contributed by atoms with E-state index < -0.39 is 5.91 Å². The number of primary amides is 1. The van der Waals surface area contributed by atoms with Crippen molar-refractivity contribution in [2.75, 3.05) is 11.2 Å². The maximum atomic E-state index is 11.3. The number of pyridine rings is 1. The number of hydrogen-bond acceptors (Lipinski definition) is 3. The summed E-state index contributed by atoms with van der Waals surface area (Å²) in [6.07, 6.45) is 1.60. The minimum Gasteiger partial charge on any atom is -0.366 e. The molecule has 0 saturated carbocycles. The van der Waals surface area contributed by atoms with Crippen molar-refractivity contribution < 1.29 is 9.59 Å². The number of nitrogens with one attached hydrogen (secondary N) is 1. The Balaban J connectivity index is 2.60. The van der Waals surface area contributed by atoms with Gasteiger partial charge in [0.25, 0.3) is 0 Å². The molecule has 0 unspecified atom stereocenters. The fourth-order valence-corrected chi connectivity index (χ4v) is 1.68. The van der Waals surface area contributed by atoms with Gasteiger partial charge in [0.1, 0.15) is 5.88 Å². The van der Waals surface area contributed by atoms with E-state index in [2.05, 4.69) is 10.3 Å². The molecule has 2 aromatic rings. The van der Waals surface area contributed by atoms with Crippen LogP contribution in [-0.4, -0.2) is 22.7 Å². The predicted molar refractivity (Wildman–Crippen MR) is 69.6 cm³/mol. The summed E-state index contributed by atoms with van der Waals surface area (Å²) in [6, 6.07) is 6.63. The molecule has 3 N–H and O–H groups in total. The van der Waals surface area contributed by atoms with E-state index >= 15 is 0 Å². The van der Waals surface area contributed by atoms with Crippen LogP contribution >= 0.6 is 11.6 Å². The van der Waals surface area contributed by atoms with Crippen molar-refractivity contribution in [2.24, 2.45) is 5.73 Å². The second-order valence-electron chi connectivity index (χ2n) is 3.64. The molecule has 0 radical (unpaired) electrons. The van der Waals surface area contributed by atoms with E-state index in [1.807, 2.05) is 0 Å². The number of nitrogens with two attached hydrogens (primary N) is 1. The average Bonchev–Trinajstić information content (AvgIpc) is 2.38. The smallest absolute Gasteiger partial charge is 0.248 e. The van der Waals surface area contributed by atoms with Crippen LogP contribution in [0.2, 0.25) is 0 Å². The monoisotopic (exact) mass is 263 g/mol. The highest BCUT2D eigenvalue weighted by Gasteiger charge is 2.10. The zero-order chi connectivity index (χ0) is 13.1. The summed E-state index contributed by atoms with van der Waals surface area (Å²) >= 11 is 5.43. The normalized spacial score (nSPS) is 10.3. The molecule has 0 atom stereocenters. The number of hydrogen-bond donors (Lipinski definition) is 2. The molecule has 0 spiro atoms. The maximum Gasteiger partial charge on any atom is 0.248 e. The van der Waals surface area contributed by atoms with Crippen LogP contribution in [-0.2, 0) is 4.79 Å². The van der Waals surface area contributed by atoms with Crippen molar-refractivity contribution >= 4 is 40.0 Å². The first-order chi connectivity index (χ1) is 8.61. The zero-order valence-electron chi connectivity index (χ0n) is 9.31. The lowest BCUT2D eigenvalue weighted by molar-refractivity contribution is -0.113. The molecule has 0 bridgehead atoms. The number of fused-ring (bicyclic) bond motifs is 1. The molecule has 18 heavy (non-hydrogen) atoms. The lowest BCUT2D eigenvalue weighted by Crippen LogP contribution is -2.15. The summed E-state index contributed by atoms with van der Waals surface area (Å²) in [4.78, 5) is 26.7. The highest BCUT2D eigenvalue weighted by Crippen LogP contribution is 2.23. The van der Waals surface area contributed by atoms with Crippen molar-refractivity contribution in [2.45, 2.75) is 0 Å². The second-order valence-corrected chi connectivity index (χ2v) is 3.91. The summed E-state index contributed by atoms with van der Waals surface area (Å²) in [5.74, 6) is -1.11. The van der Waals surface area contributed by atoms with Gasteiger partial charge < -0.3 is 11.1 Å². The zero-order valence-corrected chi connectivity index (χ0v) is 10.1. The van der Waals surface area contributed by atoms with E-state index in [0.717, 1.165) is 5.39 Å². The average molecular weight is 264 g/mol. The molecule has 6 heteroatoms. The van der Waals surface area contributed by atoms with Crippen LogP contribution in [0.5, 0.6) is 0 Å². The van der Waals surface area contributed by atoms with Crippen molar-refractivity contribution in [3.05, 3.63) is 36.0 Å². The Morgan fingerprint density at radius 2 is 2.17 bits per heavy atom. The molecule has 5 nitrogen and oxygen atoms in total. The van der Waals surface area contributed by atoms with E-state index in [4.69, 9.17) is 17.3 Å². The standard InChI is InChI=1S/C12H10ClN3O2/c13-6-10(17)16-9-5-8(12(14)18)4-7-2-1-3-15-11(7)9/h1-5H,6H2,(H2,14,18)(H,16,17). The molecule has 1 heterocycles. The number of halogens is 1. The lowest BCUT2D eigenvalue weighted by atomic mass is 10.1. The number of rotatable bonds is 3. The minimum atomic E-state index is -0.567. The fraction of sp³-hybridized carbons (Fsp3) is 0.0833. The Bertz CT molecular complexity index is 628. The molecule has 92 valence electrons. The van der Waals surface area contributed by atoms with Crippen molar-refractivity contribution in [1.82, 2.24) is 4.98 Å². The molecule has 2 rings (SSSR count). The third kappa shape index (κ3) is 2.41. The summed E-state index contributed by atoms with van der Waals surface area (Å²) in [7, 11) is 0. The van der Waals surface area contributed by atoms with Crippen molar-refractivity contribution in [3.8, 4) is 0 Å². The molecule has 0 aliphatic heterocycles. The lowest BCUT2D eigenvalue weighted by Gasteiger charge is -2.08. The van der Waals surface area contributed by atoms with Gasteiger partial charge in [0.2, 0.25) is 11.8 Å². The number of carbonyl (C=O) groups excluding carboxylic acids is 2. The highest BCUT2D eigenvalue weighted by molar-refractivity contribution is 6.29. The van der Waals surface area contributed by atoms with Crippen LogP contribution < -0.4 is 11.1 Å². The summed E-state index contributed by atoms with van der Waals surface area (Å²) in [5, 5.41) is 3.31. The van der Waals surface area contributed by atoms with Gasteiger partial charge >= 0.3 is 0 Å². The third-order valence-corrected chi connectivity index (χ3v) is 2.63. The molecule has 0 saturated heterocycles. The first-order valence-corrected chi connectivity index (χ1v) is 5.69. The van der Waals surface area contributed by atoms with Gasteiger partial charge in [-0.05, 0) is 18.2 Å². The largest absolute Gasteiger partial charge is 0.366 e. The SMILES string of the molecule is NC(=O)c1cc(NC(=O)CCl)c2ncccc2c1. The quantitative estimate of drug-likeness (QED) is 0.823. The number of anilines is 1. The molecule has 0 aliphatic carbocycles. The Labute approximate surface area is 108 Å². The first kappa shape index (κ1) is 12.3. The van der Waals surface area contributed by atoms with Crippen LogP contribution in [0.15, 0.2) is 30.5 Å². The van der Waals surface area contributed by atoms with Gasteiger partial charge in [-0.2, -0.15) is 0 Å². The van der Waals surface area contributed by atoms with Gasteiger partial charge in [-0.15, -0.1) is 11.6 Å². The predicted octanol–water partition coefficient (Wildman–Crippen LogP) is 1.51. The fourth-order valence-electron chi connectivity index (χ4n) is 1.61. The number of benzene rings is 1. The summed E-state index contributed by atoms with van der Waals surface area (Å²) < 4.78 is 0. The Kier molecular flexibility index (Phi) is 3.43. The van der Waals surface area contributed by atoms with Crippen LogP contribution in [0.1, 0.15) is 10.4 Å². The molecular weight excluding hydrogens is 254 g/mol. The van der Waals surface area contributed by atoms with E-state index in [1.54, 1.807) is 24.4 Å². The number of aromatic nitrogens is 1. The van der Waals surface area contributed by atoms with Crippen molar-refractivity contribution in [1.29, 1.82) is 0 Å². The Morgan fingerprint density at radius 1 is 1.39 bits per heavy atom. The highest BCUT2D eigenvalue weighted by atomic mass is 35.5. The topological polar surface area (TPSA) is 85.1 Å². The van der Waals surface area contributed by atoms with Gasteiger partial charge in [-0.3, -0.25) is 14.6 Å². The summed E-state index contributed by atoms with van der Waals surface area (Å²) in [5.41, 5.74) is 6.55.